The van der Waals surface area contributed by atoms with Crippen LogP contribution in [0.15, 0.2) is 47.7 Å². The fourth-order valence-electron chi connectivity index (χ4n) is 2.55. The molecule has 0 spiro atoms. The number of carbonyl (C=O) groups excluding carboxylic acids is 2. The topological polar surface area (TPSA) is 92.7 Å². The Kier molecular flexibility index (Phi) is 6.38. The highest BCUT2D eigenvalue weighted by Crippen LogP contribution is 2.26. The number of carbonyl (C=O) groups is 2. The minimum Gasteiger partial charge on any atom is -0.482 e. The second-order valence-corrected chi connectivity index (χ2v) is 6.36. The zero-order chi connectivity index (χ0) is 19.1. The summed E-state index contributed by atoms with van der Waals surface area (Å²) in [6, 6.07) is 10.9. The maximum absolute atomic E-state index is 11.9. The Balaban J connectivity index is 1.47. The van der Waals surface area contributed by atoms with Crippen LogP contribution < -0.4 is 15.5 Å². The lowest BCUT2D eigenvalue weighted by molar-refractivity contribution is -0.123. The van der Waals surface area contributed by atoms with Gasteiger partial charge in [0.2, 0.25) is 5.91 Å². The summed E-state index contributed by atoms with van der Waals surface area (Å²) < 4.78 is 5.49. The summed E-state index contributed by atoms with van der Waals surface area (Å²) in [6.07, 6.45) is 3.33. The molecule has 1 aromatic carbocycles. The lowest BCUT2D eigenvalue weighted by atomic mass is 10.0. The van der Waals surface area contributed by atoms with Crippen molar-refractivity contribution in [1.82, 2.24) is 15.7 Å². The second kappa shape index (κ2) is 9.14. The number of aromatic nitrogens is 1. The molecular weight excluding hydrogens is 368 g/mol. The van der Waals surface area contributed by atoms with Crippen LogP contribution in [-0.2, 0) is 16.0 Å². The smallest absolute Gasteiger partial charge is 0.257 e. The third kappa shape index (κ3) is 5.52. The summed E-state index contributed by atoms with van der Waals surface area (Å²) >= 11 is 6.24. The van der Waals surface area contributed by atoms with Crippen LogP contribution in [0.2, 0.25) is 5.02 Å². The fourth-order valence-corrected chi connectivity index (χ4v) is 2.79. The van der Waals surface area contributed by atoms with Crippen molar-refractivity contribution in [2.45, 2.75) is 19.3 Å². The van der Waals surface area contributed by atoms with E-state index in [0.29, 0.717) is 36.6 Å². The van der Waals surface area contributed by atoms with Crippen LogP contribution in [0.5, 0.6) is 5.75 Å². The number of pyridine rings is 1. The van der Waals surface area contributed by atoms with Gasteiger partial charge in [0.05, 0.1) is 10.7 Å². The molecule has 1 aliphatic rings. The summed E-state index contributed by atoms with van der Waals surface area (Å²) in [4.78, 5) is 27.3. The number of amides is 2. The molecule has 1 aromatic heterocycles. The van der Waals surface area contributed by atoms with E-state index in [9.17, 15) is 9.59 Å². The van der Waals surface area contributed by atoms with E-state index in [0.717, 1.165) is 17.0 Å². The molecule has 27 heavy (non-hydrogen) atoms. The second-order valence-electron chi connectivity index (χ2n) is 5.95. The number of nitrogens with zero attached hydrogens (tertiary/aromatic N) is 2. The maximum Gasteiger partial charge on any atom is 0.257 e. The average Bonchev–Trinajstić information content (AvgIpc) is 2.68. The summed E-state index contributed by atoms with van der Waals surface area (Å²) in [7, 11) is 0. The number of ether oxygens (including phenoxy) is 1. The average molecular weight is 387 g/mol. The third-order valence-corrected chi connectivity index (χ3v) is 4.25. The Morgan fingerprint density at radius 2 is 2.15 bits per heavy atom. The van der Waals surface area contributed by atoms with Gasteiger partial charge in [-0.1, -0.05) is 17.7 Å². The molecule has 8 heteroatoms. The molecule has 2 N–H and O–H groups in total. The quantitative estimate of drug-likeness (QED) is 0.762. The Morgan fingerprint density at radius 1 is 1.26 bits per heavy atom. The standard InChI is InChI=1S/C19H19ClN4O3/c20-15-11-13(16-5-7-18(25)24-23-16)4-6-17(15)27-12-19(26)22-10-8-14-3-1-2-9-21-14/h1-4,6,9,11H,5,7-8,10,12H2,(H,22,26)(H,24,25). The van der Waals surface area contributed by atoms with Crippen LogP contribution in [0, 0.1) is 0 Å². The van der Waals surface area contributed by atoms with Crippen LogP contribution >= 0.6 is 11.6 Å². The number of hydrogen-bond donors (Lipinski definition) is 2. The van der Waals surface area contributed by atoms with Gasteiger partial charge in [0, 0.05) is 37.7 Å². The zero-order valence-corrected chi connectivity index (χ0v) is 15.3. The van der Waals surface area contributed by atoms with E-state index >= 15 is 0 Å². The molecule has 1 aliphatic heterocycles. The van der Waals surface area contributed by atoms with Gasteiger partial charge in [-0.25, -0.2) is 5.43 Å². The SMILES string of the molecule is O=C(COc1ccc(C2=NNC(=O)CC2)cc1Cl)NCCc1ccccn1. The van der Waals surface area contributed by atoms with Gasteiger partial charge in [0.15, 0.2) is 6.61 Å². The van der Waals surface area contributed by atoms with Crippen LogP contribution in [0.3, 0.4) is 0 Å². The van der Waals surface area contributed by atoms with Gasteiger partial charge >= 0.3 is 0 Å². The van der Waals surface area contributed by atoms with Gasteiger partial charge in [0.25, 0.3) is 5.91 Å². The van der Waals surface area contributed by atoms with Gasteiger partial charge in [-0.3, -0.25) is 14.6 Å². The molecule has 7 nitrogen and oxygen atoms in total. The van der Waals surface area contributed by atoms with Crippen LogP contribution in [0.4, 0.5) is 0 Å². The van der Waals surface area contributed by atoms with Crippen molar-refractivity contribution >= 4 is 29.1 Å². The summed E-state index contributed by atoms with van der Waals surface area (Å²) in [5.41, 5.74) is 4.94. The lowest BCUT2D eigenvalue weighted by Gasteiger charge is -2.14. The molecule has 0 saturated heterocycles. The molecule has 0 unspecified atom stereocenters. The predicted molar refractivity (Wildman–Crippen MR) is 102 cm³/mol. The lowest BCUT2D eigenvalue weighted by Crippen LogP contribution is -2.30. The number of hydrogen-bond acceptors (Lipinski definition) is 5. The molecule has 2 aromatic rings. The molecule has 0 saturated carbocycles. The maximum atomic E-state index is 11.9. The van der Waals surface area contributed by atoms with Crippen molar-refractivity contribution in [3.8, 4) is 5.75 Å². The highest BCUT2D eigenvalue weighted by atomic mass is 35.5. The first-order chi connectivity index (χ1) is 13.1. The molecule has 0 aliphatic carbocycles. The monoisotopic (exact) mass is 386 g/mol. The Morgan fingerprint density at radius 3 is 2.85 bits per heavy atom. The van der Waals surface area contributed by atoms with Crippen molar-refractivity contribution in [2.75, 3.05) is 13.2 Å². The van der Waals surface area contributed by atoms with Crippen molar-refractivity contribution < 1.29 is 14.3 Å². The Labute approximate surface area is 161 Å². The molecule has 2 amide bonds. The van der Waals surface area contributed by atoms with Gasteiger partial charge in [-0.2, -0.15) is 5.10 Å². The Hall–Kier alpha value is -2.93. The van der Waals surface area contributed by atoms with E-state index in [4.69, 9.17) is 16.3 Å². The first-order valence-electron chi connectivity index (χ1n) is 8.56. The number of hydrazone groups is 1. The van der Waals surface area contributed by atoms with E-state index in [-0.39, 0.29) is 18.4 Å². The van der Waals surface area contributed by atoms with Gasteiger partial charge in [-0.05, 0) is 35.9 Å². The van der Waals surface area contributed by atoms with Gasteiger partial charge in [0.1, 0.15) is 5.75 Å². The Bertz CT molecular complexity index is 855. The third-order valence-electron chi connectivity index (χ3n) is 3.96. The molecule has 0 bridgehead atoms. The van der Waals surface area contributed by atoms with Crippen molar-refractivity contribution in [3.05, 3.63) is 58.9 Å². The molecular formula is C19H19ClN4O3. The van der Waals surface area contributed by atoms with Gasteiger partial charge < -0.3 is 10.1 Å². The largest absolute Gasteiger partial charge is 0.482 e. The van der Waals surface area contributed by atoms with E-state index in [1.807, 2.05) is 18.2 Å². The molecule has 0 fully saturated rings. The fraction of sp³-hybridized carbons (Fsp3) is 0.263. The molecule has 140 valence electrons. The summed E-state index contributed by atoms with van der Waals surface area (Å²) in [5, 5.41) is 7.20. The van der Waals surface area contributed by atoms with Crippen molar-refractivity contribution in [3.63, 3.8) is 0 Å². The van der Waals surface area contributed by atoms with Crippen molar-refractivity contribution in [1.29, 1.82) is 0 Å². The number of rotatable bonds is 7. The van der Waals surface area contributed by atoms with Crippen molar-refractivity contribution in [2.24, 2.45) is 5.10 Å². The highest BCUT2D eigenvalue weighted by Gasteiger charge is 2.15. The van der Waals surface area contributed by atoms with E-state index in [1.54, 1.807) is 24.4 Å². The zero-order valence-electron chi connectivity index (χ0n) is 14.6. The minimum absolute atomic E-state index is 0.0983. The molecule has 0 atom stereocenters. The van der Waals surface area contributed by atoms with Crippen LogP contribution in [0.25, 0.3) is 0 Å². The summed E-state index contributed by atoms with van der Waals surface area (Å²) in [6.45, 7) is 0.357. The molecule has 0 radical (unpaired) electrons. The molecule has 3 rings (SSSR count). The number of benzene rings is 1. The van der Waals surface area contributed by atoms with E-state index < -0.39 is 0 Å². The van der Waals surface area contributed by atoms with Crippen LogP contribution in [-0.4, -0.2) is 35.7 Å². The first-order valence-corrected chi connectivity index (χ1v) is 8.94. The minimum atomic E-state index is -0.231. The van der Waals surface area contributed by atoms with E-state index in [2.05, 4.69) is 20.8 Å². The first kappa shape index (κ1) is 18.8. The normalized spacial score (nSPS) is 13.5. The van der Waals surface area contributed by atoms with Gasteiger partial charge in [-0.15, -0.1) is 0 Å². The predicted octanol–water partition coefficient (Wildman–Crippen LogP) is 2.09. The van der Waals surface area contributed by atoms with Crippen LogP contribution in [0.1, 0.15) is 24.1 Å². The highest BCUT2D eigenvalue weighted by molar-refractivity contribution is 6.32. The number of halogens is 1. The number of nitrogens with one attached hydrogen (secondary N) is 2. The molecule has 2 heterocycles. The summed E-state index contributed by atoms with van der Waals surface area (Å²) in [5.74, 6) is 0.0880. The van der Waals surface area contributed by atoms with E-state index in [1.165, 1.54) is 0 Å².